The normalized spacial score (nSPS) is 11.9. The average molecular weight is 346 g/mol. The number of halogens is 5. The van der Waals surface area contributed by atoms with Crippen LogP contribution >= 0.6 is 0 Å². The molecule has 0 aliphatic carbocycles. The molecule has 24 heavy (non-hydrogen) atoms. The zero-order valence-corrected chi connectivity index (χ0v) is 11.9. The quantitative estimate of drug-likeness (QED) is 0.588. The Morgan fingerprint density at radius 1 is 1.00 bits per heavy atom. The van der Waals surface area contributed by atoms with E-state index < -0.39 is 53.5 Å². The van der Waals surface area contributed by atoms with E-state index in [-0.39, 0.29) is 5.56 Å². The van der Waals surface area contributed by atoms with Crippen molar-refractivity contribution in [2.24, 2.45) is 0 Å². The molecule has 0 saturated carbocycles. The summed E-state index contributed by atoms with van der Waals surface area (Å²) in [6, 6.07) is 2.89. The van der Waals surface area contributed by atoms with E-state index in [1.165, 1.54) is 0 Å². The minimum Gasteiger partial charge on any atom is -0.386 e. The number of carbonyl (C=O) groups is 1. The topological polar surface area (TPSA) is 61.4 Å². The van der Waals surface area contributed by atoms with Crippen molar-refractivity contribution in [3.8, 4) is 0 Å². The smallest absolute Gasteiger partial charge is 0.319 e. The molecule has 0 aliphatic rings. The first-order valence-electron chi connectivity index (χ1n) is 6.61. The highest BCUT2D eigenvalue weighted by Gasteiger charge is 2.17. The summed E-state index contributed by atoms with van der Waals surface area (Å²) in [5.41, 5.74) is -0.871. The van der Waals surface area contributed by atoms with Crippen molar-refractivity contribution in [1.29, 1.82) is 0 Å². The Bertz CT molecular complexity index is 770. The van der Waals surface area contributed by atoms with Gasteiger partial charge in [0.05, 0.1) is 11.8 Å². The first kappa shape index (κ1) is 17.7. The van der Waals surface area contributed by atoms with Crippen LogP contribution in [-0.4, -0.2) is 17.7 Å². The van der Waals surface area contributed by atoms with Gasteiger partial charge < -0.3 is 15.7 Å². The number of rotatable bonds is 4. The van der Waals surface area contributed by atoms with Gasteiger partial charge in [-0.25, -0.2) is 26.7 Å². The van der Waals surface area contributed by atoms with E-state index in [1.54, 1.807) is 0 Å². The molecule has 0 heterocycles. The van der Waals surface area contributed by atoms with Crippen molar-refractivity contribution in [2.45, 2.75) is 6.10 Å². The lowest BCUT2D eigenvalue weighted by Crippen LogP contribution is -2.33. The number of aliphatic hydroxyl groups is 1. The second-order valence-electron chi connectivity index (χ2n) is 4.74. The van der Waals surface area contributed by atoms with Crippen LogP contribution in [0.3, 0.4) is 0 Å². The van der Waals surface area contributed by atoms with Crippen LogP contribution < -0.4 is 10.6 Å². The van der Waals surface area contributed by atoms with Gasteiger partial charge in [0.25, 0.3) is 0 Å². The van der Waals surface area contributed by atoms with Crippen LogP contribution in [0.25, 0.3) is 0 Å². The number of hydrogen-bond donors (Lipinski definition) is 3. The number of benzene rings is 2. The molecule has 128 valence electrons. The van der Waals surface area contributed by atoms with Gasteiger partial charge in [-0.15, -0.1) is 0 Å². The molecular formula is C15H11F5N2O2. The third-order valence-electron chi connectivity index (χ3n) is 3.06. The van der Waals surface area contributed by atoms with Gasteiger partial charge in [0.2, 0.25) is 0 Å². The minimum atomic E-state index is -1.75. The number of hydrogen-bond acceptors (Lipinski definition) is 2. The van der Waals surface area contributed by atoms with Gasteiger partial charge in [-0.2, -0.15) is 0 Å². The molecule has 2 aromatic rings. The maximum absolute atomic E-state index is 13.5. The molecule has 2 rings (SSSR count). The van der Waals surface area contributed by atoms with Crippen LogP contribution in [0.1, 0.15) is 11.7 Å². The van der Waals surface area contributed by atoms with Crippen LogP contribution in [0.15, 0.2) is 30.3 Å². The van der Waals surface area contributed by atoms with Gasteiger partial charge in [0.1, 0.15) is 11.6 Å². The Hall–Kier alpha value is -2.68. The Kier molecular flexibility index (Phi) is 5.35. The van der Waals surface area contributed by atoms with Crippen LogP contribution in [0.4, 0.5) is 32.4 Å². The molecule has 0 fully saturated rings. The molecule has 0 bridgehead atoms. The lowest BCUT2D eigenvalue weighted by molar-refractivity contribution is 0.170. The van der Waals surface area contributed by atoms with E-state index in [0.717, 1.165) is 18.2 Å². The summed E-state index contributed by atoms with van der Waals surface area (Å²) in [7, 11) is 0. The maximum atomic E-state index is 13.5. The molecule has 1 atom stereocenters. The fourth-order valence-corrected chi connectivity index (χ4v) is 1.86. The molecule has 3 N–H and O–H groups in total. The zero-order chi connectivity index (χ0) is 17.9. The fraction of sp³-hybridized carbons (Fsp3) is 0.133. The van der Waals surface area contributed by atoms with Crippen molar-refractivity contribution in [3.05, 3.63) is 65.0 Å². The fourth-order valence-electron chi connectivity index (χ4n) is 1.86. The van der Waals surface area contributed by atoms with Gasteiger partial charge in [-0.3, -0.25) is 0 Å². The highest BCUT2D eigenvalue weighted by molar-refractivity contribution is 5.89. The first-order valence-corrected chi connectivity index (χ1v) is 6.61. The monoisotopic (exact) mass is 346 g/mol. The molecule has 1 unspecified atom stereocenters. The molecule has 9 heteroatoms. The third kappa shape index (κ3) is 3.99. The van der Waals surface area contributed by atoms with E-state index in [9.17, 15) is 31.9 Å². The van der Waals surface area contributed by atoms with Crippen molar-refractivity contribution < 1.29 is 31.9 Å². The second kappa shape index (κ2) is 7.26. The predicted molar refractivity (Wildman–Crippen MR) is 74.7 cm³/mol. The van der Waals surface area contributed by atoms with E-state index in [4.69, 9.17) is 0 Å². The summed E-state index contributed by atoms with van der Waals surface area (Å²) in [5.74, 6) is -6.59. The van der Waals surface area contributed by atoms with Gasteiger partial charge in [0, 0.05) is 18.2 Å². The summed E-state index contributed by atoms with van der Waals surface area (Å²) in [5, 5.41) is 13.8. The van der Waals surface area contributed by atoms with Gasteiger partial charge in [-0.1, -0.05) is 6.07 Å². The molecule has 2 aromatic carbocycles. The summed E-state index contributed by atoms with van der Waals surface area (Å²) >= 11 is 0. The SMILES string of the molecule is O=C(NCC(O)c1ccc(F)cc1F)Nc1ccc(F)c(F)c1F. The number of carbonyl (C=O) groups excluding carboxylic acids is 1. The molecule has 0 aliphatic heterocycles. The molecule has 0 aromatic heterocycles. The lowest BCUT2D eigenvalue weighted by atomic mass is 10.1. The molecule has 2 amide bonds. The van der Waals surface area contributed by atoms with Gasteiger partial charge >= 0.3 is 6.03 Å². The van der Waals surface area contributed by atoms with E-state index >= 15 is 0 Å². The Morgan fingerprint density at radius 3 is 2.38 bits per heavy atom. The first-order chi connectivity index (χ1) is 11.3. The standard InChI is InChI=1S/C15H11F5N2O2/c16-7-1-2-8(10(18)5-7)12(23)6-21-15(24)22-11-4-3-9(17)13(19)14(11)20/h1-5,12,23H,6H2,(H2,21,22,24). The Balaban J connectivity index is 1.97. The van der Waals surface area contributed by atoms with Crippen molar-refractivity contribution in [2.75, 3.05) is 11.9 Å². The summed E-state index contributed by atoms with van der Waals surface area (Å²) in [4.78, 5) is 11.6. The van der Waals surface area contributed by atoms with Gasteiger partial charge in [-0.05, 0) is 18.2 Å². The summed E-state index contributed by atoms with van der Waals surface area (Å²) < 4.78 is 65.4. The van der Waals surface area contributed by atoms with E-state index in [2.05, 4.69) is 5.32 Å². The molecule has 0 radical (unpaired) electrons. The minimum absolute atomic E-state index is 0.254. The number of aliphatic hydroxyl groups excluding tert-OH is 1. The lowest BCUT2D eigenvalue weighted by Gasteiger charge is -2.14. The van der Waals surface area contributed by atoms with Crippen LogP contribution in [0.5, 0.6) is 0 Å². The number of nitrogens with one attached hydrogen (secondary N) is 2. The predicted octanol–water partition coefficient (Wildman–Crippen LogP) is 3.24. The van der Waals surface area contributed by atoms with Crippen LogP contribution in [-0.2, 0) is 0 Å². The molecule has 0 spiro atoms. The van der Waals surface area contributed by atoms with Crippen molar-refractivity contribution >= 4 is 11.7 Å². The van der Waals surface area contributed by atoms with E-state index in [1.807, 2.05) is 5.32 Å². The molecular weight excluding hydrogens is 335 g/mol. The van der Waals surface area contributed by atoms with Crippen molar-refractivity contribution in [1.82, 2.24) is 5.32 Å². The Labute approximate surface area is 132 Å². The number of urea groups is 1. The molecule has 0 saturated heterocycles. The second-order valence-corrected chi connectivity index (χ2v) is 4.74. The third-order valence-corrected chi connectivity index (χ3v) is 3.06. The Morgan fingerprint density at radius 2 is 1.71 bits per heavy atom. The number of amides is 2. The maximum Gasteiger partial charge on any atom is 0.319 e. The highest BCUT2D eigenvalue weighted by Crippen LogP contribution is 2.20. The van der Waals surface area contributed by atoms with Gasteiger partial charge in [0.15, 0.2) is 17.5 Å². The van der Waals surface area contributed by atoms with Crippen LogP contribution in [0.2, 0.25) is 0 Å². The highest BCUT2D eigenvalue weighted by atomic mass is 19.2. The zero-order valence-electron chi connectivity index (χ0n) is 11.9. The average Bonchev–Trinajstić information content (AvgIpc) is 2.53. The summed E-state index contributed by atoms with van der Waals surface area (Å²) in [6.07, 6.45) is -1.49. The largest absolute Gasteiger partial charge is 0.386 e. The molecule has 4 nitrogen and oxygen atoms in total. The summed E-state index contributed by atoms with van der Waals surface area (Å²) in [6.45, 7) is -0.486. The van der Waals surface area contributed by atoms with Crippen molar-refractivity contribution in [3.63, 3.8) is 0 Å². The number of anilines is 1. The van der Waals surface area contributed by atoms with Crippen LogP contribution in [0, 0.1) is 29.1 Å². The van der Waals surface area contributed by atoms with E-state index in [0.29, 0.717) is 12.1 Å².